The highest BCUT2D eigenvalue weighted by molar-refractivity contribution is 5.36. The van der Waals surface area contributed by atoms with E-state index >= 15 is 0 Å². The second-order valence-electron chi connectivity index (χ2n) is 20.5. The summed E-state index contributed by atoms with van der Waals surface area (Å²) in [5.74, 6) is 2.97. The van der Waals surface area contributed by atoms with E-state index in [0.717, 1.165) is 26.2 Å². The van der Waals surface area contributed by atoms with Gasteiger partial charge >= 0.3 is 11.6 Å². The van der Waals surface area contributed by atoms with E-state index in [1.165, 1.54) is 301 Å². The topological polar surface area (TPSA) is 17.6 Å². The number of aromatic nitrogens is 4. The van der Waals surface area contributed by atoms with E-state index in [4.69, 9.17) is 0 Å². The van der Waals surface area contributed by atoms with Gasteiger partial charge in [0.15, 0.2) is 0 Å². The molecule has 0 radical (unpaired) electrons. The summed E-state index contributed by atoms with van der Waals surface area (Å²) in [4.78, 5) is 0. The quantitative estimate of drug-likeness (QED) is 0.0465. The second kappa shape index (κ2) is 44.3. The third-order valence-corrected chi connectivity index (χ3v) is 14.4. The lowest BCUT2D eigenvalue weighted by Gasteiger charge is -2.08. The maximum absolute atomic E-state index is 2.68. The highest BCUT2D eigenvalue weighted by atomic mass is 15.2. The van der Waals surface area contributed by atoms with Gasteiger partial charge in [0.1, 0.15) is 24.8 Å². The van der Waals surface area contributed by atoms with E-state index in [1.54, 1.807) is 0 Å². The molecule has 0 aliphatic carbocycles. The Hall–Kier alpha value is -1.58. The summed E-state index contributed by atoms with van der Waals surface area (Å²) < 4.78 is 10.7. The number of aryl methyl sites for hydroxylation is 4. The average molecular weight is 880 g/mol. The molecule has 0 spiro atoms. The number of imidazole rings is 2. The highest BCUT2D eigenvalue weighted by Gasteiger charge is 2.32. The summed E-state index contributed by atoms with van der Waals surface area (Å²) in [7, 11) is 0. The van der Waals surface area contributed by atoms with E-state index in [-0.39, 0.29) is 0 Å². The molecule has 2 rings (SSSR count). The van der Waals surface area contributed by atoms with Crippen molar-refractivity contribution in [1.82, 2.24) is 9.13 Å². The fourth-order valence-electron chi connectivity index (χ4n) is 10.1. The Labute approximate surface area is 396 Å². The molecule has 2 aromatic rings. The molecule has 0 unspecified atom stereocenters. The van der Waals surface area contributed by atoms with Crippen LogP contribution in [0.15, 0.2) is 24.8 Å². The largest absolute Gasteiger partial charge is 0.373 e. The molecule has 0 aliphatic rings. The maximum Gasteiger partial charge on any atom is 0.373 e. The molecule has 0 fully saturated rings. The minimum Gasteiger partial charge on any atom is -0.223 e. The van der Waals surface area contributed by atoms with Crippen molar-refractivity contribution < 1.29 is 9.13 Å². The molecule has 63 heavy (non-hydrogen) atoms. The molecule has 368 valence electrons. The Morgan fingerprint density at radius 2 is 0.444 bits per heavy atom. The smallest absolute Gasteiger partial charge is 0.223 e. The molecule has 4 nitrogen and oxygen atoms in total. The molecule has 2 aromatic heterocycles. The number of unbranched alkanes of at least 4 members (excludes halogenated alkanes) is 41. The SMILES string of the molecule is CCCCCCCCCCCCCCCCn1cc[n+](CCCCCCCCCCC)c1-c1n(CCCCCCCCCCCCCCC)cc[n+]1CCCCCCCCCCC. The fraction of sp³-hybridized carbons (Fsp3) is 0.898. The lowest BCUT2D eigenvalue weighted by atomic mass is 10.0. The first-order valence-corrected chi connectivity index (χ1v) is 29.4. The minimum absolute atomic E-state index is 1.15. The first-order valence-electron chi connectivity index (χ1n) is 29.4. The van der Waals surface area contributed by atoms with Crippen molar-refractivity contribution in [3.8, 4) is 11.6 Å². The number of hydrogen-bond acceptors (Lipinski definition) is 0. The van der Waals surface area contributed by atoms with Crippen LogP contribution in [0.5, 0.6) is 0 Å². The number of rotatable bonds is 50. The average Bonchev–Trinajstić information content (AvgIpc) is 3.89. The van der Waals surface area contributed by atoms with Gasteiger partial charge in [-0.3, -0.25) is 0 Å². The molecular weight excluding hydrogens is 765 g/mol. The minimum atomic E-state index is 1.15. The van der Waals surface area contributed by atoms with Crippen molar-refractivity contribution in [3.63, 3.8) is 0 Å². The van der Waals surface area contributed by atoms with Gasteiger partial charge in [0.2, 0.25) is 0 Å². The molecule has 0 N–H and O–H groups in total. The monoisotopic (exact) mass is 879 g/mol. The summed E-state index contributed by atoms with van der Waals surface area (Å²) in [6.07, 6.45) is 73.3. The zero-order chi connectivity index (χ0) is 44.9. The Morgan fingerprint density at radius 3 is 0.667 bits per heavy atom. The third-order valence-electron chi connectivity index (χ3n) is 14.4. The third kappa shape index (κ3) is 31.1. The van der Waals surface area contributed by atoms with Gasteiger partial charge in [0.05, 0.1) is 26.2 Å². The summed E-state index contributed by atoms with van der Waals surface area (Å²) in [5.41, 5.74) is 0. The van der Waals surface area contributed by atoms with Crippen molar-refractivity contribution >= 4 is 0 Å². The van der Waals surface area contributed by atoms with Crippen LogP contribution in [0.4, 0.5) is 0 Å². The molecule has 0 bridgehead atoms. The molecule has 2 heterocycles. The van der Waals surface area contributed by atoms with Crippen LogP contribution in [0.2, 0.25) is 0 Å². The van der Waals surface area contributed by atoms with Crippen LogP contribution < -0.4 is 9.13 Å². The van der Waals surface area contributed by atoms with Crippen molar-refractivity contribution in [3.05, 3.63) is 24.8 Å². The Kier molecular flexibility index (Phi) is 40.4. The van der Waals surface area contributed by atoms with E-state index in [1.807, 2.05) is 0 Å². The molecule has 0 saturated carbocycles. The highest BCUT2D eigenvalue weighted by Crippen LogP contribution is 2.20. The van der Waals surface area contributed by atoms with Crippen LogP contribution in [0.3, 0.4) is 0 Å². The predicted octanol–water partition coefficient (Wildman–Crippen LogP) is 19.2. The Balaban J connectivity index is 2.03. The van der Waals surface area contributed by atoms with Gasteiger partial charge in [-0.2, -0.15) is 0 Å². The molecule has 4 heteroatoms. The summed E-state index contributed by atoms with van der Waals surface area (Å²) in [6, 6.07) is 0. The van der Waals surface area contributed by atoms with Crippen LogP contribution >= 0.6 is 0 Å². The second-order valence-corrected chi connectivity index (χ2v) is 20.5. The van der Waals surface area contributed by atoms with Crippen LogP contribution in [0.25, 0.3) is 11.6 Å². The lowest BCUT2D eigenvalue weighted by molar-refractivity contribution is -0.715. The van der Waals surface area contributed by atoms with Gasteiger partial charge in [-0.25, -0.2) is 18.3 Å². The molecule has 0 aromatic carbocycles. The standard InChI is InChI=1S/C59H114N4/c1-5-9-13-17-21-25-27-29-31-33-37-41-45-49-53-63-57-55-61(51-47-43-39-35-24-20-16-12-8-4)59(63)58-60(50-46-42-38-34-23-19-15-11-7-3)54-56-62(58)52-48-44-40-36-32-30-28-26-22-18-14-10-6-2/h54-57H,5-53H2,1-4H3/q+2. The molecule has 0 saturated heterocycles. The Bertz CT molecular complexity index is 1210. The Morgan fingerprint density at radius 1 is 0.254 bits per heavy atom. The van der Waals surface area contributed by atoms with E-state index in [9.17, 15) is 0 Å². The van der Waals surface area contributed by atoms with Crippen molar-refractivity contribution in [2.45, 2.75) is 343 Å². The summed E-state index contributed by atoms with van der Waals surface area (Å²) in [5, 5.41) is 0. The molecular formula is C59H114N4+2. The first kappa shape index (κ1) is 57.5. The molecule has 0 aliphatic heterocycles. The number of hydrogen-bond donors (Lipinski definition) is 0. The van der Waals surface area contributed by atoms with Gasteiger partial charge < -0.3 is 0 Å². The van der Waals surface area contributed by atoms with Crippen LogP contribution in [0.1, 0.15) is 317 Å². The van der Waals surface area contributed by atoms with Crippen LogP contribution in [-0.2, 0) is 26.2 Å². The van der Waals surface area contributed by atoms with Crippen molar-refractivity contribution in [2.24, 2.45) is 0 Å². The maximum atomic E-state index is 2.68. The van der Waals surface area contributed by atoms with E-state index in [0.29, 0.717) is 0 Å². The zero-order valence-corrected chi connectivity index (χ0v) is 43.7. The van der Waals surface area contributed by atoms with Gasteiger partial charge in [-0.15, -0.1) is 0 Å². The molecule has 0 amide bonds. The first-order chi connectivity index (χ1) is 31.3. The van der Waals surface area contributed by atoms with E-state index in [2.05, 4.69) is 70.8 Å². The summed E-state index contributed by atoms with van der Waals surface area (Å²) in [6.45, 7) is 13.9. The van der Waals surface area contributed by atoms with Gasteiger partial charge in [-0.1, -0.05) is 265 Å². The summed E-state index contributed by atoms with van der Waals surface area (Å²) >= 11 is 0. The lowest BCUT2D eigenvalue weighted by Crippen LogP contribution is -2.43. The zero-order valence-electron chi connectivity index (χ0n) is 43.7. The van der Waals surface area contributed by atoms with Crippen molar-refractivity contribution in [1.29, 1.82) is 0 Å². The van der Waals surface area contributed by atoms with Gasteiger partial charge in [0.25, 0.3) is 0 Å². The predicted molar refractivity (Wildman–Crippen MR) is 279 cm³/mol. The number of nitrogens with zero attached hydrogens (tertiary/aromatic N) is 4. The molecule has 0 atom stereocenters. The van der Waals surface area contributed by atoms with Crippen molar-refractivity contribution in [2.75, 3.05) is 0 Å². The van der Waals surface area contributed by atoms with Gasteiger partial charge in [-0.05, 0) is 51.4 Å². The van der Waals surface area contributed by atoms with E-state index < -0.39 is 0 Å². The normalized spacial score (nSPS) is 11.7. The van der Waals surface area contributed by atoms with Crippen LogP contribution in [-0.4, -0.2) is 9.13 Å². The van der Waals surface area contributed by atoms with Crippen LogP contribution in [0, 0.1) is 0 Å². The van der Waals surface area contributed by atoms with Gasteiger partial charge in [0, 0.05) is 0 Å². The fourth-order valence-corrected chi connectivity index (χ4v) is 10.1.